The van der Waals surface area contributed by atoms with E-state index in [0.29, 0.717) is 41.8 Å². The summed E-state index contributed by atoms with van der Waals surface area (Å²) in [7, 11) is 1.54. The molecule has 0 radical (unpaired) electrons. The van der Waals surface area contributed by atoms with Crippen LogP contribution >= 0.6 is 0 Å². The van der Waals surface area contributed by atoms with Crippen molar-refractivity contribution in [2.24, 2.45) is 11.7 Å². The summed E-state index contributed by atoms with van der Waals surface area (Å²) in [5, 5.41) is 8.86. The molecule has 2 aliphatic rings. The summed E-state index contributed by atoms with van der Waals surface area (Å²) in [6.45, 7) is 0.505. The Hall–Kier alpha value is -4.54. The molecule has 1 aromatic heterocycles. The number of aromatic amines is 1. The summed E-state index contributed by atoms with van der Waals surface area (Å²) in [5.41, 5.74) is 7.40. The first kappa shape index (κ1) is 25.1. The van der Waals surface area contributed by atoms with Gasteiger partial charge in [0, 0.05) is 29.8 Å². The van der Waals surface area contributed by atoms with Crippen LogP contribution < -0.4 is 31.2 Å². The van der Waals surface area contributed by atoms with Gasteiger partial charge in [-0.2, -0.15) is 0 Å². The fourth-order valence-electron chi connectivity index (χ4n) is 5.03. The van der Waals surface area contributed by atoms with Gasteiger partial charge in [-0.3, -0.25) is 19.2 Å². The van der Waals surface area contributed by atoms with Crippen molar-refractivity contribution in [1.82, 2.24) is 20.9 Å². The molecule has 3 heterocycles. The molecule has 0 spiro atoms. The van der Waals surface area contributed by atoms with Crippen LogP contribution in [0.15, 0.2) is 48.5 Å². The number of amides is 4. The number of aromatic nitrogens is 1. The highest BCUT2D eigenvalue weighted by atomic mass is 16.5. The average molecular weight is 520 g/mol. The number of hydrogen-bond acceptors (Lipinski definition) is 6. The Morgan fingerprint density at radius 1 is 1.16 bits per heavy atom. The minimum atomic E-state index is -1.15. The van der Waals surface area contributed by atoms with E-state index in [4.69, 9.17) is 15.2 Å². The van der Waals surface area contributed by atoms with E-state index in [1.807, 2.05) is 24.3 Å². The smallest absolute Gasteiger partial charge is 0.268 e. The summed E-state index contributed by atoms with van der Waals surface area (Å²) in [6, 6.07) is 12.2. The molecular formula is C27H29N5O6. The topological polar surface area (TPSA) is 165 Å². The van der Waals surface area contributed by atoms with Crippen molar-refractivity contribution in [3.8, 4) is 11.5 Å². The summed E-state index contributed by atoms with van der Waals surface area (Å²) in [4.78, 5) is 54.2. The monoisotopic (exact) mass is 519 g/mol. The number of ether oxygens (including phenoxy) is 2. The molecule has 2 aromatic carbocycles. The highest BCUT2D eigenvalue weighted by Gasteiger charge is 2.39. The third kappa shape index (κ3) is 4.99. The van der Waals surface area contributed by atoms with Gasteiger partial charge in [-0.15, -0.1) is 0 Å². The van der Waals surface area contributed by atoms with Crippen LogP contribution in [0.25, 0.3) is 10.9 Å². The molecule has 1 fully saturated rings. The standard InChI is InChI=1S/C27H29N5O6/c1-37-21-8-4-6-17-16(21)13-19(30-17)26(35)32-23(22-12-14-5-2-3-7-20(14)38-22)27(36)31-18(24(28)33)11-15-9-10-29-25(15)34/h2-8,13,15,18,22-23,30H,9-12H2,1H3,(H2,28,33)(H,29,34)(H,31,36)(H,32,35)/t15-,18?,22-,23?/m0/s1. The van der Waals surface area contributed by atoms with Crippen molar-refractivity contribution in [2.75, 3.05) is 13.7 Å². The second-order valence-electron chi connectivity index (χ2n) is 9.50. The van der Waals surface area contributed by atoms with Crippen LogP contribution in [0.1, 0.15) is 28.9 Å². The van der Waals surface area contributed by atoms with Crippen LogP contribution in [0.5, 0.6) is 11.5 Å². The lowest BCUT2D eigenvalue weighted by Crippen LogP contribution is -2.58. The SMILES string of the molecule is COc1cccc2[nH]c(C(=O)NC(C(=O)NC(C[C@@H]3CCNC3=O)C(N)=O)[C@@H]3Cc4ccccc4O3)cc12. The van der Waals surface area contributed by atoms with Gasteiger partial charge in [-0.05, 0) is 42.7 Å². The molecule has 3 aromatic rings. The van der Waals surface area contributed by atoms with Gasteiger partial charge in [-0.25, -0.2) is 0 Å². The van der Waals surface area contributed by atoms with Gasteiger partial charge in [0.2, 0.25) is 17.7 Å². The van der Waals surface area contributed by atoms with Gasteiger partial charge >= 0.3 is 0 Å². The Balaban J connectivity index is 1.38. The van der Waals surface area contributed by atoms with E-state index < -0.39 is 41.8 Å². The molecule has 198 valence electrons. The van der Waals surface area contributed by atoms with Crippen LogP contribution in [-0.2, 0) is 20.8 Å². The minimum absolute atomic E-state index is 0.0706. The summed E-state index contributed by atoms with van der Waals surface area (Å²) >= 11 is 0. The first-order chi connectivity index (χ1) is 18.3. The minimum Gasteiger partial charge on any atom is -0.496 e. The zero-order valence-corrected chi connectivity index (χ0v) is 20.8. The maximum Gasteiger partial charge on any atom is 0.268 e. The van der Waals surface area contributed by atoms with Crippen molar-refractivity contribution < 1.29 is 28.7 Å². The molecule has 2 unspecified atom stereocenters. The van der Waals surface area contributed by atoms with E-state index in [2.05, 4.69) is 20.9 Å². The number of nitrogens with two attached hydrogens (primary N) is 1. The number of carbonyl (C=O) groups is 4. The molecule has 11 nitrogen and oxygen atoms in total. The fourth-order valence-corrected chi connectivity index (χ4v) is 5.03. The highest BCUT2D eigenvalue weighted by molar-refractivity contribution is 6.02. The molecule has 4 amide bonds. The van der Waals surface area contributed by atoms with Crippen molar-refractivity contribution >= 4 is 34.5 Å². The van der Waals surface area contributed by atoms with E-state index in [-0.39, 0.29) is 18.0 Å². The van der Waals surface area contributed by atoms with Crippen molar-refractivity contribution in [2.45, 2.75) is 37.5 Å². The number of carbonyl (C=O) groups excluding carboxylic acids is 4. The molecule has 0 aliphatic carbocycles. The fraction of sp³-hybridized carbons (Fsp3) is 0.333. The Morgan fingerprint density at radius 2 is 1.97 bits per heavy atom. The second-order valence-corrected chi connectivity index (χ2v) is 9.50. The normalized spacial score (nSPS) is 19.7. The van der Waals surface area contributed by atoms with Gasteiger partial charge in [0.15, 0.2) is 0 Å². The average Bonchev–Trinajstić information content (AvgIpc) is 3.64. The lowest BCUT2D eigenvalue weighted by molar-refractivity contribution is -0.131. The van der Waals surface area contributed by atoms with Crippen LogP contribution in [-0.4, -0.2) is 60.5 Å². The van der Waals surface area contributed by atoms with E-state index in [9.17, 15) is 19.2 Å². The third-order valence-corrected chi connectivity index (χ3v) is 7.04. The molecule has 38 heavy (non-hydrogen) atoms. The number of methoxy groups -OCH3 is 1. The first-order valence-electron chi connectivity index (χ1n) is 12.4. The molecule has 0 bridgehead atoms. The van der Waals surface area contributed by atoms with Gasteiger partial charge in [0.25, 0.3) is 5.91 Å². The molecule has 5 rings (SSSR count). The number of hydrogen-bond donors (Lipinski definition) is 5. The third-order valence-electron chi connectivity index (χ3n) is 7.04. The first-order valence-corrected chi connectivity index (χ1v) is 12.4. The Morgan fingerprint density at radius 3 is 2.68 bits per heavy atom. The largest absolute Gasteiger partial charge is 0.496 e. The van der Waals surface area contributed by atoms with Crippen LogP contribution in [0.4, 0.5) is 0 Å². The Bertz CT molecular complexity index is 1380. The van der Waals surface area contributed by atoms with E-state index in [1.165, 1.54) is 0 Å². The predicted octanol–water partition coefficient (Wildman–Crippen LogP) is 0.775. The zero-order valence-electron chi connectivity index (χ0n) is 20.8. The van der Waals surface area contributed by atoms with Crippen molar-refractivity contribution in [1.29, 1.82) is 0 Å². The Labute approximate surface area is 218 Å². The number of primary amides is 1. The summed E-state index contributed by atoms with van der Waals surface area (Å²) in [6.07, 6.45) is 0.269. The lowest BCUT2D eigenvalue weighted by atomic mass is 9.97. The number of nitrogens with one attached hydrogen (secondary N) is 4. The van der Waals surface area contributed by atoms with Crippen LogP contribution in [0.3, 0.4) is 0 Å². The Kier molecular flexibility index (Phi) is 6.91. The van der Waals surface area contributed by atoms with Crippen molar-refractivity contribution in [3.05, 3.63) is 59.8 Å². The summed E-state index contributed by atoms with van der Waals surface area (Å²) < 4.78 is 11.4. The molecule has 11 heteroatoms. The van der Waals surface area contributed by atoms with Gasteiger partial charge < -0.3 is 36.1 Å². The quantitative estimate of drug-likeness (QED) is 0.280. The number of benzene rings is 2. The molecule has 1 saturated heterocycles. The van der Waals surface area contributed by atoms with E-state index >= 15 is 0 Å². The van der Waals surface area contributed by atoms with Gasteiger partial charge in [-0.1, -0.05) is 24.3 Å². The van der Waals surface area contributed by atoms with Crippen molar-refractivity contribution in [3.63, 3.8) is 0 Å². The second kappa shape index (κ2) is 10.4. The number of rotatable bonds is 9. The van der Waals surface area contributed by atoms with Crippen LogP contribution in [0, 0.1) is 5.92 Å². The molecular weight excluding hydrogens is 490 g/mol. The van der Waals surface area contributed by atoms with E-state index in [1.54, 1.807) is 31.4 Å². The number of para-hydroxylation sites is 1. The lowest BCUT2D eigenvalue weighted by Gasteiger charge is -2.26. The highest BCUT2D eigenvalue weighted by Crippen LogP contribution is 2.30. The van der Waals surface area contributed by atoms with Gasteiger partial charge in [0.05, 0.1) is 7.11 Å². The predicted molar refractivity (Wildman–Crippen MR) is 138 cm³/mol. The number of H-pyrrole nitrogens is 1. The van der Waals surface area contributed by atoms with Gasteiger partial charge in [0.1, 0.15) is 35.4 Å². The van der Waals surface area contributed by atoms with Crippen LogP contribution in [0.2, 0.25) is 0 Å². The number of fused-ring (bicyclic) bond motifs is 2. The van der Waals surface area contributed by atoms with E-state index in [0.717, 1.165) is 5.56 Å². The maximum absolute atomic E-state index is 13.5. The maximum atomic E-state index is 13.5. The molecule has 2 aliphatic heterocycles. The molecule has 0 saturated carbocycles. The molecule has 6 N–H and O–H groups in total. The zero-order chi connectivity index (χ0) is 26.8. The molecule has 4 atom stereocenters. The summed E-state index contributed by atoms with van der Waals surface area (Å²) in [5.74, 6) is -1.33.